The van der Waals surface area contributed by atoms with Crippen molar-refractivity contribution in [2.45, 2.75) is 44.8 Å². The third-order valence-electron chi connectivity index (χ3n) is 4.94. The first-order valence-corrected chi connectivity index (χ1v) is 7.92. The minimum atomic E-state index is -2.33. The highest BCUT2D eigenvalue weighted by atomic mass is 16.4. The number of aliphatic hydroxyl groups excluding tert-OH is 1. The minimum absolute atomic E-state index is 0.127. The highest BCUT2D eigenvalue weighted by Crippen LogP contribution is 2.49. The fourth-order valence-electron chi connectivity index (χ4n) is 3.46. The van der Waals surface area contributed by atoms with Gasteiger partial charge in [0.2, 0.25) is 0 Å². The Morgan fingerprint density at radius 3 is 2.43 bits per heavy atom. The highest BCUT2D eigenvalue weighted by molar-refractivity contribution is 6.07. The molecule has 1 aromatic rings. The zero-order valence-electron chi connectivity index (χ0n) is 13.7. The molecule has 5 nitrogen and oxygen atoms in total. The van der Waals surface area contributed by atoms with Crippen molar-refractivity contribution < 1.29 is 24.9 Å². The van der Waals surface area contributed by atoms with Gasteiger partial charge in [-0.25, -0.2) is 0 Å². The normalized spacial score (nSPS) is 30.4. The van der Waals surface area contributed by atoms with Crippen LogP contribution in [0.25, 0.3) is 0 Å². The van der Waals surface area contributed by atoms with E-state index in [1.165, 1.54) is 6.92 Å². The molecular weight excluding hydrogens is 296 g/mol. The SMILES string of the molecule is CC(C)CC[C@@]1(O)c2ccccc2C(=O)[C@H](C)[C@]1(O)C(=O)CO. The topological polar surface area (TPSA) is 94.8 Å². The summed E-state index contributed by atoms with van der Waals surface area (Å²) >= 11 is 0. The Hall–Kier alpha value is -1.56. The molecular formula is C18H24O5. The summed E-state index contributed by atoms with van der Waals surface area (Å²) in [6, 6.07) is 6.50. The number of hydrogen-bond acceptors (Lipinski definition) is 5. The third kappa shape index (κ3) is 2.53. The van der Waals surface area contributed by atoms with Crippen LogP contribution >= 0.6 is 0 Å². The Morgan fingerprint density at radius 1 is 1.26 bits per heavy atom. The average Bonchev–Trinajstić information content (AvgIpc) is 2.55. The molecule has 1 aliphatic carbocycles. The van der Waals surface area contributed by atoms with Gasteiger partial charge < -0.3 is 15.3 Å². The molecule has 3 N–H and O–H groups in total. The summed E-state index contributed by atoms with van der Waals surface area (Å²) in [6.45, 7) is 4.44. The van der Waals surface area contributed by atoms with Gasteiger partial charge in [0.25, 0.3) is 0 Å². The Kier molecular flexibility index (Phi) is 4.76. The largest absolute Gasteiger partial charge is 0.388 e. The number of aliphatic hydroxyl groups is 3. The number of carbonyl (C=O) groups is 2. The highest BCUT2D eigenvalue weighted by Gasteiger charge is 2.63. The zero-order valence-corrected chi connectivity index (χ0v) is 13.7. The molecule has 0 aromatic heterocycles. The van der Waals surface area contributed by atoms with Crippen LogP contribution in [-0.4, -0.2) is 39.1 Å². The standard InChI is InChI=1S/C18H24O5/c1-11(2)8-9-17(22)14-7-5-4-6-13(14)16(21)12(3)18(17,23)15(20)10-19/h4-7,11-12,19,22-23H,8-10H2,1-3H3/t12-,17+,18-/m0/s1. The number of ketones is 2. The minimum Gasteiger partial charge on any atom is -0.388 e. The monoisotopic (exact) mass is 320 g/mol. The first kappa shape index (κ1) is 17.8. The van der Waals surface area contributed by atoms with Gasteiger partial charge in [-0.2, -0.15) is 0 Å². The number of rotatable bonds is 5. The van der Waals surface area contributed by atoms with Crippen LogP contribution in [0.3, 0.4) is 0 Å². The summed E-state index contributed by atoms with van der Waals surface area (Å²) in [5, 5.41) is 31.7. The van der Waals surface area contributed by atoms with E-state index >= 15 is 0 Å². The van der Waals surface area contributed by atoms with Crippen molar-refractivity contribution in [1.82, 2.24) is 0 Å². The van der Waals surface area contributed by atoms with Gasteiger partial charge in [0.05, 0.1) is 5.92 Å². The molecule has 0 unspecified atom stereocenters. The lowest BCUT2D eigenvalue weighted by Gasteiger charge is -2.49. The second-order valence-electron chi connectivity index (χ2n) is 6.77. The van der Waals surface area contributed by atoms with Gasteiger partial charge in [-0.1, -0.05) is 45.0 Å². The van der Waals surface area contributed by atoms with E-state index in [0.29, 0.717) is 12.0 Å². The summed E-state index contributed by atoms with van der Waals surface area (Å²) in [7, 11) is 0. The summed E-state index contributed by atoms with van der Waals surface area (Å²) in [6.07, 6.45) is 0.689. The van der Waals surface area contributed by atoms with E-state index in [4.69, 9.17) is 0 Å². The number of hydrogen-bond donors (Lipinski definition) is 3. The lowest BCUT2D eigenvalue weighted by Crippen LogP contribution is -2.66. The van der Waals surface area contributed by atoms with Crippen molar-refractivity contribution in [2.24, 2.45) is 11.8 Å². The average molecular weight is 320 g/mol. The Morgan fingerprint density at radius 2 is 1.87 bits per heavy atom. The Labute approximate surface area is 136 Å². The maximum absolute atomic E-state index is 12.6. The van der Waals surface area contributed by atoms with Crippen molar-refractivity contribution in [3.63, 3.8) is 0 Å². The number of benzene rings is 1. The molecule has 2 rings (SSSR count). The molecule has 0 bridgehead atoms. The summed E-state index contributed by atoms with van der Waals surface area (Å²) in [5.41, 5.74) is -3.65. The van der Waals surface area contributed by atoms with E-state index in [2.05, 4.69) is 0 Å². The first-order chi connectivity index (χ1) is 10.7. The fourth-order valence-corrected chi connectivity index (χ4v) is 3.46. The van der Waals surface area contributed by atoms with Crippen LogP contribution in [0.4, 0.5) is 0 Å². The predicted octanol–water partition coefficient (Wildman–Crippen LogP) is 1.44. The molecule has 1 aromatic carbocycles. The molecule has 0 spiro atoms. The lowest BCUT2D eigenvalue weighted by molar-refractivity contribution is -0.195. The smallest absolute Gasteiger partial charge is 0.193 e. The van der Waals surface area contributed by atoms with Crippen LogP contribution < -0.4 is 0 Å². The maximum atomic E-state index is 12.6. The van der Waals surface area contributed by atoms with E-state index in [9.17, 15) is 24.9 Å². The van der Waals surface area contributed by atoms with Gasteiger partial charge in [0.15, 0.2) is 17.2 Å². The van der Waals surface area contributed by atoms with Crippen molar-refractivity contribution in [3.8, 4) is 0 Å². The number of fused-ring (bicyclic) bond motifs is 1. The van der Waals surface area contributed by atoms with E-state index in [1.807, 2.05) is 13.8 Å². The predicted molar refractivity (Wildman–Crippen MR) is 84.9 cm³/mol. The van der Waals surface area contributed by atoms with Crippen molar-refractivity contribution in [3.05, 3.63) is 35.4 Å². The molecule has 0 saturated heterocycles. The van der Waals surface area contributed by atoms with Gasteiger partial charge in [0, 0.05) is 5.56 Å². The zero-order chi connectivity index (χ0) is 17.4. The Bertz CT molecular complexity index is 624. The van der Waals surface area contributed by atoms with E-state index in [1.54, 1.807) is 24.3 Å². The van der Waals surface area contributed by atoms with Gasteiger partial charge >= 0.3 is 0 Å². The molecule has 5 heteroatoms. The molecule has 3 atom stereocenters. The third-order valence-corrected chi connectivity index (χ3v) is 4.94. The fraction of sp³-hybridized carbons (Fsp3) is 0.556. The molecule has 0 fully saturated rings. The van der Waals surface area contributed by atoms with E-state index in [-0.39, 0.29) is 17.9 Å². The van der Waals surface area contributed by atoms with Gasteiger partial charge in [-0.3, -0.25) is 9.59 Å². The molecule has 0 saturated carbocycles. The van der Waals surface area contributed by atoms with Gasteiger partial charge in [0.1, 0.15) is 12.2 Å². The molecule has 126 valence electrons. The van der Waals surface area contributed by atoms with Crippen molar-refractivity contribution in [2.75, 3.05) is 6.61 Å². The maximum Gasteiger partial charge on any atom is 0.193 e. The summed E-state index contributed by atoms with van der Waals surface area (Å²) in [4.78, 5) is 24.9. The van der Waals surface area contributed by atoms with Crippen LogP contribution in [0.2, 0.25) is 0 Å². The second-order valence-corrected chi connectivity index (χ2v) is 6.77. The lowest BCUT2D eigenvalue weighted by atomic mass is 9.59. The first-order valence-electron chi connectivity index (χ1n) is 7.92. The van der Waals surface area contributed by atoms with Gasteiger partial charge in [-0.05, 0) is 24.3 Å². The van der Waals surface area contributed by atoms with Gasteiger partial charge in [-0.15, -0.1) is 0 Å². The van der Waals surface area contributed by atoms with E-state index < -0.39 is 35.3 Å². The molecule has 1 aliphatic rings. The van der Waals surface area contributed by atoms with Crippen molar-refractivity contribution >= 4 is 11.6 Å². The summed E-state index contributed by atoms with van der Waals surface area (Å²) < 4.78 is 0. The van der Waals surface area contributed by atoms with Crippen LogP contribution in [0.5, 0.6) is 0 Å². The van der Waals surface area contributed by atoms with Crippen LogP contribution in [-0.2, 0) is 10.4 Å². The van der Waals surface area contributed by atoms with E-state index in [0.717, 1.165) is 0 Å². The van der Waals surface area contributed by atoms with Crippen LogP contribution in [0.1, 0.15) is 49.5 Å². The number of Topliss-reactive ketones (excluding diaryl/α,β-unsaturated/α-hetero) is 2. The second kappa shape index (κ2) is 6.15. The molecule has 0 heterocycles. The molecule has 0 amide bonds. The molecule has 23 heavy (non-hydrogen) atoms. The quantitative estimate of drug-likeness (QED) is 0.763. The Balaban J connectivity index is 2.69. The van der Waals surface area contributed by atoms with Crippen LogP contribution in [0.15, 0.2) is 24.3 Å². The van der Waals surface area contributed by atoms with Crippen molar-refractivity contribution in [1.29, 1.82) is 0 Å². The molecule has 0 radical (unpaired) electrons. The molecule has 0 aliphatic heterocycles. The number of carbonyl (C=O) groups excluding carboxylic acids is 2. The van der Waals surface area contributed by atoms with Crippen LogP contribution in [0, 0.1) is 11.8 Å². The summed E-state index contributed by atoms with van der Waals surface area (Å²) in [5.74, 6) is -2.22.